The minimum atomic E-state index is -1.31. The van der Waals surface area contributed by atoms with Crippen LogP contribution in [0.25, 0.3) is 22.0 Å². The molecule has 4 rings (SSSR count). The number of carboxylic acids is 1. The molecule has 4 aromatic rings. The molecule has 2 aromatic heterocycles. The molecule has 0 radical (unpaired) electrons. The lowest BCUT2D eigenvalue weighted by Gasteiger charge is -2.21. The zero-order valence-corrected chi connectivity index (χ0v) is 16.3. The van der Waals surface area contributed by atoms with Crippen molar-refractivity contribution in [1.82, 2.24) is 9.97 Å². The second-order valence-electron chi connectivity index (χ2n) is 7.50. The van der Waals surface area contributed by atoms with E-state index in [0.717, 1.165) is 34.1 Å². The van der Waals surface area contributed by atoms with Gasteiger partial charge in [-0.25, -0.2) is 4.79 Å². The SMILES string of the molecule is CC(C)(Oc1ccc2[nH]c(Cc3ccccc3)c(-c3ccncc3)c2c1)C(=O)O. The van der Waals surface area contributed by atoms with Gasteiger partial charge >= 0.3 is 5.97 Å². The molecule has 0 bridgehead atoms. The number of aromatic amines is 1. The highest BCUT2D eigenvalue weighted by Gasteiger charge is 2.29. The van der Waals surface area contributed by atoms with E-state index < -0.39 is 11.6 Å². The molecular formula is C24H22N2O3. The summed E-state index contributed by atoms with van der Waals surface area (Å²) in [6, 6.07) is 19.9. The van der Waals surface area contributed by atoms with Crippen LogP contribution in [-0.2, 0) is 11.2 Å². The lowest BCUT2D eigenvalue weighted by Crippen LogP contribution is -2.37. The van der Waals surface area contributed by atoms with Gasteiger partial charge in [-0.15, -0.1) is 0 Å². The first-order valence-electron chi connectivity index (χ1n) is 9.45. The molecule has 0 fully saturated rings. The fraction of sp³-hybridized carbons (Fsp3) is 0.167. The molecule has 0 saturated heterocycles. The van der Waals surface area contributed by atoms with Gasteiger partial charge in [0.25, 0.3) is 0 Å². The van der Waals surface area contributed by atoms with Gasteiger partial charge in [0.15, 0.2) is 5.60 Å². The van der Waals surface area contributed by atoms with Crippen molar-refractivity contribution in [3.8, 4) is 16.9 Å². The highest BCUT2D eigenvalue weighted by molar-refractivity contribution is 5.98. The Morgan fingerprint density at radius 1 is 1.07 bits per heavy atom. The molecular weight excluding hydrogens is 364 g/mol. The molecule has 0 atom stereocenters. The number of nitrogens with zero attached hydrogens (tertiary/aromatic N) is 1. The summed E-state index contributed by atoms with van der Waals surface area (Å²) in [5, 5.41) is 10.4. The van der Waals surface area contributed by atoms with E-state index in [1.807, 2.05) is 42.5 Å². The summed E-state index contributed by atoms with van der Waals surface area (Å²) in [7, 11) is 0. The fourth-order valence-electron chi connectivity index (χ4n) is 3.41. The molecule has 0 aliphatic carbocycles. The maximum Gasteiger partial charge on any atom is 0.347 e. The average Bonchev–Trinajstić information content (AvgIpc) is 3.06. The van der Waals surface area contributed by atoms with Gasteiger partial charge in [-0.2, -0.15) is 0 Å². The summed E-state index contributed by atoms with van der Waals surface area (Å²) in [5.41, 5.74) is 4.08. The molecule has 0 spiro atoms. The summed E-state index contributed by atoms with van der Waals surface area (Å²) in [6.45, 7) is 3.09. The maximum absolute atomic E-state index is 11.4. The van der Waals surface area contributed by atoms with Gasteiger partial charge in [0.05, 0.1) is 0 Å². The molecule has 5 heteroatoms. The first-order valence-corrected chi connectivity index (χ1v) is 9.45. The summed E-state index contributed by atoms with van der Waals surface area (Å²) in [4.78, 5) is 19.1. The highest BCUT2D eigenvalue weighted by Crippen LogP contribution is 2.36. The van der Waals surface area contributed by atoms with Crippen LogP contribution in [0.15, 0.2) is 73.1 Å². The van der Waals surface area contributed by atoms with Crippen molar-refractivity contribution >= 4 is 16.9 Å². The molecule has 2 heterocycles. The Hall–Kier alpha value is -3.60. The van der Waals surface area contributed by atoms with Crippen molar-refractivity contribution < 1.29 is 14.6 Å². The molecule has 0 unspecified atom stereocenters. The van der Waals surface area contributed by atoms with Crippen LogP contribution in [0.2, 0.25) is 0 Å². The Morgan fingerprint density at radius 2 is 1.79 bits per heavy atom. The van der Waals surface area contributed by atoms with Crippen LogP contribution >= 0.6 is 0 Å². The third kappa shape index (κ3) is 3.85. The molecule has 0 aliphatic rings. The molecule has 29 heavy (non-hydrogen) atoms. The Kier molecular flexibility index (Phi) is 4.80. The summed E-state index contributed by atoms with van der Waals surface area (Å²) in [6.07, 6.45) is 4.30. The third-order valence-electron chi connectivity index (χ3n) is 4.93. The van der Waals surface area contributed by atoms with Crippen LogP contribution in [0.4, 0.5) is 0 Å². The first kappa shape index (κ1) is 18.7. The summed E-state index contributed by atoms with van der Waals surface area (Å²) in [5.74, 6) is -0.490. The number of aromatic nitrogens is 2. The number of pyridine rings is 1. The fourth-order valence-corrected chi connectivity index (χ4v) is 3.41. The maximum atomic E-state index is 11.4. The van der Waals surface area contributed by atoms with Crippen molar-refractivity contribution in [2.24, 2.45) is 0 Å². The Labute approximate surface area is 169 Å². The number of carbonyl (C=O) groups is 1. The third-order valence-corrected chi connectivity index (χ3v) is 4.93. The quantitative estimate of drug-likeness (QED) is 0.485. The number of hydrogen-bond acceptors (Lipinski definition) is 3. The van der Waals surface area contributed by atoms with Crippen molar-refractivity contribution in [3.63, 3.8) is 0 Å². The van der Waals surface area contributed by atoms with E-state index in [2.05, 4.69) is 22.1 Å². The predicted octanol–water partition coefficient (Wildman–Crippen LogP) is 5.06. The second kappa shape index (κ2) is 7.43. The van der Waals surface area contributed by atoms with E-state index in [9.17, 15) is 9.90 Å². The average molecular weight is 386 g/mol. The highest BCUT2D eigenvalue weighted by atomic mass is 16.5. The molecule has 5 nitrogen and oxygen atoms in total. The van der Waals surface area contributed by atoms with Crippen LogP contribution in [0.5, 0.6) is 5.75 Å². The van der Waals surface area contributed by atoms with Gasteiger partial charge in [-0.05, 0) is 55.3 Å². The standard InChI is InChI=1S/C24H22N2O3/c1-24(2,23(27)28)29-18-8-9-20-19(15-18)22(17-10-12-25-13-11-17)21(26-20)14-16-6-4-3-5-7-16/h3-13,15,26H,14H2,1-2H3,(H,27,28). The van der Waals surface area contributed by atoms with E-state index in [0.29, 0.717) is 5.75 Å². The van der Waals surface area contributed by atoms with Crippen LogP contribution in [0.1, 0.15) is 25.1 Å². The first-order chi connectivity index (χ1) is 13.9. The Bertz CT molecular complexity index is 1150. The zero-order valence-electron chi connectivity index (χ0n) is 16.3. The second-order valence-corrected chi connectivity index (χ2v) is 7.50. The number of H-pyrrole nitrogens is 1. The molecule has 0 aliphatic heterocycles. The molecule has 146 valence electrons. The topological polar surface area (TPSA) is 75.2 Å². The lowest BCUT2D eigenvalue weighted by atomic mass is 9.99. The number of nitrogens with one attached hydrogen (secondary N) is 1. The lowest BCUT2D eigenvalue weighted by molar-refractivity contribution is -0.152. The number of rotatable bonds is 6. The van der Waals surface area contributed by atoms with Gasteiger partial charge in [0.2, 0.25) is 0 Å². The van der Waals surface area contributed by atoms with E-state index in [1.54, 1.807) is 32.3 Å². The number of carboxylic acid groups (broad SMARTS) is 1. The minimum Gasteiger partial charge on any atom is -0.478 e. The van der Waals surface area contributed by atoms with Crippen LogP contribution in [-0.4, -0.2) is 26.6 Å². The van der Waals surface area contributed by atoms with Gasteiger partial charge in [-0.1, -0.05) is 30.3 Å². The molecule has 2 aromatic carbocycles. The van der Waals surface area contributed by atoms with Crippen LogP contribution in [0.3, 0.4) is 0 Å². The smallest absolute Gasteiger partial charge is 0.347 e. The van der Waals surface area contributed by atoms with Crippen LogP contribution in [0, 0.1) is 0 Å². The number of aliphatic carboxylic acids is 1. The van der Waals surface area contributed by atoms with Gasteiger partial charge in [0, 0.05) is 41.0 Å². The molecule has 0 saturated carbocycles. The van der Waals surface area contributed by atoms with Crippen molar-refractivity contribution in [3.05, 3.63) is 84.3 Å². The number of hydrogen-bond donors (Lipinski definition) is 2. The van der Waals surface area contributed by atoms with Gasteiger partial charge < -0.3 is 14.8 Å². The Morgan fingerprint density at radius 3 is 2.48 bits per heavy atom. The molecule has 2 N–H and O–H groups in total. The largest absolute Gasteiger partial charge is 0.478 e. The number of ether oxygens (including phenoxy) is 1. The van der Waals surface area contributed by atoms with Crippen molar-refractivity contribution in [2.45, 2.75) is 25.9 Å². The van der Waals surface area contributed by atoms with E-state index in [4.69, 9.17) is 4.74 Å². The van der Waals surface area contributed by atoms with Gasteiger partial charge in [0.1, 0.15) is 5.75 Å². The van der Waals surface area contributed by atoms with Crippen molar-refractivity contribution in [1.29, 1.82) is 0 Å². The van der Waals surface area contributed by atoms with Crippen LogP contribution < -0.4 is 4.74 Å². The van der Waals surface area contributed by atoms with E-state index >= 15 is 0 Å². The Balaban J connectivity index is 1.84. The molecule has 0 amide bonds. The number of fused-ring (bicyclic) bond motifs is 1. The van der Waals surface area contributed by atoms with Crippen molar-refractivity contribution in [2.75, 3.05) is 0 Å². The predicted molar refractivity (Wildman–Crippen MR) is 113 cm³/mol. The van der Waals surface area contributed by atoms with E-state index in [1.165, 1.54) is 5.56 Å². The minimum absolute atomic E-state index is 0.519. The van der Waals surface area contributed by atoms with E-state index in [-0.39, 0.29) is 0 Å². The summed E-state index contributed by atoms with van der Waals surface area (Å²) >= 11 is 0. The normalized spacial score (nSPS) is 11.5. The monoisotopic (exact) mass is 386 g/mol. The zero-order chi connectivity index (χ0) is 20.4. The number of benzene rings is 2. The van der Waals surface area contributed by atoms with Gasteiger partial charge in [-0.3, -0.25) is 4.98 Å². The summed E-state index contributed by atoms with van der Waals surface area (Å²) < 4.78 is 5.76.